The maximum absolute atomic E-state index is 12.5. The molecular weight excluding hydrogens is 306 g/mol. The zero-order chi connectivity index (χ0) is 16.9. The van der Waals surface area contributed by atoms with E-state index in [2.05, 4.69) is 0 Å². The van der Waals surface area contributed by atoms with Gasteiger partial charge in [-0.25, -0.2) is 4.79 Å². The fourth-order valence-corrected chi connectivity index (χ4v) is 3.72. The molecule has 2 saturated heterocycles. The largest absolute Gasteiger partial charge is 0.478 e. The second-order valence-electron chi connectivity index (χ2n) is 6.96. The molecule has 24 heavy (non-hydrogen) atoms. The first-order chi connectivity index (χ1) is 11.6. The number of carboxylic acids is 1. The van der Waals surface area contributed by atoms with Gasteiger partial charge in [-0.05, 0) is 55.2 Å². The highest BCUT2D eigenvalue weighted by atomic mass is 16.5. The monoisotopic (exact) mass is 331 g/mol. The van der Waals surface area contributed by atoms with Crippen molar-refractivity contribution in [2.24, 2.45) is 11.8 Å². The summed E-state index contributed by atoms with van der Waals surface area (Å²) in [5.74, 6) is 0.269. The molecule has 0 spiro atoms. The molecule has 130 valence electrons. The van der Waals surface area contributed by atoms with Gasteiger partial charge in [0.15, 0.2) is 0 Å². The molecule has 1 N–H and O–H groups in total. The number of aromatic carboxylic acids is 1. The van der Waals surface area contributed by atoms with Crippen LogP contribution in [-0.4, -0.2) is 48.2 Å². The van der Waals surface area contributed by atoms with E-state index in [0.717, 1.165) is 57.6 Å². The van der Waals surface area contributed by atoms with Gasteiger partial charge in [0.05, 0.1) is 5.56 Å². The van der Waals surface area contributed by atoms with E-state index in [1.54, 1.807) is 18.2 Å². The van der Waals surface area contributed by atoms with Gasteiger partial charge in [-0.1, -0.05) is 12.1 Å². The maximum Gasteiger partial charge on any atom is 0.335 e. The summed E-state index contributed by atoms with van der Waals surface area (Å²) in [6.07, 6.45) is 4.46. The van der Waals surface area contributed by atoms with Gasteiger partial charge in [-0.2, -0.15) is 0 Å². The van der Waals surface area contributed by atoms with E-state index >= 15 is 0 Å². The Kier molecular flexibility index (Phi) is 5.51. The molecular formula is C19H25NO4. The van der Waals surface area contributed by atoms with Crippen molar-refractivity contribution in [3.8, 4) is 0 Å². The number of carbonyl (C=O) groups is 2. The van der Waals surface area contributed by atoms with Crippen molar-refractivity contribution < 1.29 is 19.4 Å². The predicted octanol–water partition coefficient (Wildman–Crippen LogP) is 2.59. The highest BCUT2D eigenvalue weighted by molar-refractivity contribution is 5.87. The SMILES string of the molecule is O=C(O)c1cccc(CC2CCN(C(=O)CC3CCOCC3)C2)c1. The summed E-state index contributed by atoms with van der Waals surface area (Å²) in [5.41, 5.74) is 1.37. The topological polar surface area (TPSA) is 66.8 Å². The number of carboxylic acid groups (broad SMARTS) is 1. The van der Waals surface area contributed by atoms with Crippen LogP contribution in [0.5, 0.6) is 0 Å². The molecule has 2 aliphatic rings. The summed E-state index contributed by atoms with van der Waals surface area (Å²) in [4.78, 5) is 25.5. The molecule has 2 heterocycles. The number of hydrogen-bond donors (Lipinski definition) is 1. The average molecular weight is 331 g/mol. The van der Waals surface area contributed by atoms with Crippen LogP contribution in [0.4, 0.5) is 0 Å². The minimum atomic E-state index is -0.892. The Morgan fingerprint density at radius 1 is 1.17 bits per heavy atom. The molecule has 2 aliphatic heterocycles. The van der Waals surface area contributed by atoms with Gasteiger partial charge in [0, 0.05) is 32.7 Å². The lowest BCUT2D eigenvalue weighted by atomic mass is 9.96. The number of likely N-dealkylation sites (tertiary alicyclic amines) is 1. The van der Waals surface area contributed by atoms with E-state index < -0.39 is 5.97 Å². The normalized spacial score (nSPS) is 21.8. The number of ether oxygens (including phenoxy) is 1. The van der Waals surface area contributed by atoms with Gasteiger partial charge >= 0.3 is 5.97 Å². The molecule has 1 amide bonds. The second kappa shape index (κ2) is 7.79. The zero-order valence-electron chi connectivity index (χ0n) is 13.9. The summed E-state index contributed by atoms with van der Waals surface area (Å²) in [6, 6.07) is 7.12. The van der Waals surface area contributed by atoms with E-state index in [-0.39, 0.29) is 5.91 Å². The van der Waals surface area contributed by atoms with Gasteiger partial charge in [0.25, 0.3) is 0 Å². The Morgan fingerprint density at radius 3 is 2.71 bits per heavy atom. The first kappa shape index (κ1) is 17.0. The van der Waals surface area contributed by atoms with Crippen molar-refractivity contribution in [3.63, 3.8) is 0 Å². The molecule has 3 rings (SSSR count). The molecule has 5 heteroatoms. The Hall–Kier alpha value is -1.88. The van der Waals surface area contributed by atoms with Gasteiger partial charge in [0.2, 0.25) is 5.91 Å². The smallest absolute Gasteiger partial charge is 0.335 e. The minimum Gasteiger partial charge on any atom is -0.478 e. The molecule has 1 aromatic rings. The average Bonchev–Trinajstić information content (AvgIpc) is 3.04. The van der Waals surface area contributed by atoms with Crippen LogP contribution in [0.2, 0.25) is 0 Å². The predicted molar refractivity (Wildman–Crippen MR) is 90.0 cm³/mol. The standard InChI is InChI=1S/C19H25NO4/c21-18(12-14-5-8-24-9-6-14)20-7-4-16(13-20)10-15-2-1-3-17(11-15)19(22)23/h1-3,11,14,16H,4-10,12-13H2,(H,22,23). The maximum atomic E-state index is 12.5. The van der Waals surface area contributed by atoms with Crippen molar-refractivity contribution in [1.82, 2.24) is 4.90 Å². The van der Waals surface area contributed by atoms with Crippen LogP contribution in [-0.2, 0) is 16.0 Å². The quantitative estimate of drug-likeness (QED) is 0.900. The summed E-state index contributed by atoms with van der Waals surface area (Å²) < 4.78 is 5.35. The summed E-state index contributed by atoms with van der Waals surface area (Å²) in [5, 5.41) is 9.08. The fourth-order valence-electron chi connectivity index (χ4n) is 3.72. The van der Waals surface area contributed by atoms with Crippen molar-refractivity contribution >= 4 is 11.9 Å². The molecule has 5 nitrogen and oxygen atoms in total. The third kappa shape index (κ3) is 4.35. The van der Waals surface area contributed by atoms with Crippen molar-refractivity contribution in [3.05, 3.63) is 35.4 Å². The Bertz CT molecular complexity index is 595. The van der Waals surface area contributed by atoms with Crippen molar-refractivity contribution in [1.29, 1.82) is 0 Å². The fraction of sp³-hybridized carbons (Fsp3) is 0.579. The van der Waals surface area contributed by atoms with Crippen LogP contribution in [0.3, 0.4) is 0 Å². The molecule has 0 aliphatic carbocycles. The molecule has 1 aromatic carbocycles. The zero-order valence-corrected chi connectivity index (χ0v) is 13.9. The third-order valence-electron chi connectivity index (χ3n) is 5.14. The van der Waals surface area contributed by atoms with E-state index in [1.807, 2.05) is 11.0 Å². The van der Waals surface area contributed by atoms with Gasteiger partial charge < -0.3 is 14.7 Å². The molecule has 2 fully saturated rings. The first-order valence-corrected chi connectivity index (χ1v) is 8.79. The molecule has 0 saturated carbocycles. The van der Waals surface area contributed by atoms with Crippen molar-refractivity contribution in [2.45, 2.75) is 32.1 Å². The van der Waals surface area contributed by atoms with Crippen molar-refractivity contribution in [2.75, 3.05) is 26.3 Å². The molecule has 1 atom stereocenters. The van der Waals surface area contributed by atoms with Crippen LogP contribution in [0.1, 0.15) is 41.6 Å². The second-order valence-corrected chi connectivity index (χ2v) is 6.96. The van der Waals surface area contributed by atoms with Crippen LogP contribution >= 0.6 is 0 Å². The first-order valence-electron chi connectivity index (χ1n) is 8.79. The lowest BCUT2D eigenvalue weighted by Crippen LogP contribution is -2.31. The third-order valence-corrected chi connectivity index (χ3v) is 5.14. The number of nitrogens with zero attached hydrogens (tertiary/aromatic N) is 1. The summed E-state index contributed by atoms with van der Waals surface area (Å²) >= 11 is 0. The Labute approximate surface area is 142 Å². The molecule has 0 radical (unpaired) electrons. The summed E-state index contributed by atoms with van der Waals surface area (Å²) in [6.45, 7) is 3.17. The number of carbonyl (C=O) groups excluding carboxylic acids is 1. The van der Waals surface area contributed by atoms with Crippen LogP contribution in [0.15, 0.2) is 24.3 Å². The molecule has 0 bridgehead atoms. The van der Waals surface area contributed by atoms with Gasteiger partial charge in [-0.15, -0.1) is 0 Å². The van der Waals surface area contributed by atoms with Crippen LogP contribution in [0.25, 0.3) is 0 Å². The van der Waals surface area contributed by atoms with Crippen LogP contribution in [0, 0.1) is 11.8 Å². The van der Waals surface area contributed by atoms with Crippen LogP contribution < -0.4 is 0 Å². The molecule has 0 aromatic heterocycles. The van der Waals surface area contributed by atoms with E-state index in [1.165, 1.54) is 0 Å². The highest BCUT2D eigenvalue weighted by Crippen LogP contribution is 2.25. The number of hydrogen-bond acceptors (Lipinski definition) is 3. The highest BCUT2D eigenvalue weighted by Gasteiger charge is 2.28. The number of benzene rings is 1. The number of rotatable bonds is 5. The van der Waals surface area contributed by atoms with E-state index in [0.29, 0.717) is 23.8 Å². The lowest BCUT2D eigenvalue weighted by molar-refractivity contribution is -0.132. The molecule has 1 unspecified atom stereocenters. The van der Waals surface area contributed by atoms with Gasteiger partial charge in [0.1, 0.15) is 0 Å². The minimum absolute atomic E-state index is 0.267. The van der Waals surface area contributed by atoms with Gasteiger partial charge in [-0.3, -0.25) is 4.79 Å². The Balaban J connectivity index is 1.50. The van der Waals surface area contributed by atoms with E-state index in [4.69, 9.17) is 9.84 Å². The van der Waals surface area contributed by atoms with E-state index in [9.17, 15) is 9.59 Å². The Morgan fingerprint density at radius 2 is 1.96 bits per heavy atom. The number of amides is 1. The summed E-state index contributed by atoms with van der Waals surface area (Å²) in [7, 11) is 0. The lowest BCUT2D eigenvalue weighted by Gasteiger charge is -2.24.